The van der Waals surface area contributed by atoms with E-state index < -0.39 is 0 Å². The summed E-state index contributed by atoms with van der Waals surface area (Å²) in [4.78, 5) is 14.2. The third-order valence-corrected chi connectivity index (χ3v) is 3.64. The Bertz CT molecular complexity index is 454. The van der Waals surface area contributed by atoms with Crippen molar-refractivity contribution >= 4 is 11.6 Å². The number of amides is 1. The molecule has 2 rings (SSSR count). The lowest BCUT2D eigenvalue weighted by molar-refractivity contribution is 0.0650. The lowest BCUT2D eigenvalue weighted by Crippen LogP contribution is -2.39. The monoisotopic (exact) mass is 264 g/mol. The summed E-state index contributed by atoms with van der Waals surface area (Å²) < 4.78 is 5.13. The fourth-order valence-corrected chi connectivity index (χ4v) is 2.35. The number of ether oxygens (including phenoxy) is 1. The van der Waals surface area contributed by atoms with Crippen molar-refractivity contribution in [3.05, 3.63) is 23.8 Å². The average Bonchev–Trinajstić information content (AvgIpc) is 2.47. The number of piperidine rings is 1. The molecule has 1 aromatic carbocycles. The number of nitrogens with two attached hydrogens (primary N) is 1. The van der Waals surface area contributed by atoms with Crippen molar-refractivity contribution in [2.24, 2.45) is 5.92 Å². The molecule has 1 heterocycles. The maximum Gasteiger partial charge on any atom is 0.253 e. The second kappa shape index (κ2) is 5.93. The van der Waals surface area contributed by atoms with Crippen molar-refractivity contribution in [1.29, 1.82) is 0 Å². The van der Waals surface area contributed by atoms with Crippen LogP contribution in [0.25, 0.3) is 0 Å². The fraction of sp³-hybridized carbons (Fsp3) is 0.500. The molecule has 1 fully saturated rings. The van der Waals surface area contributed by atoms with Gasteiger partial charge in [-0.05, 0) is 37.0 Å². The van der Waals surface area contributed by atoms with Crippen LogP contribution in [0, 0.1) is 5.92 Å². The molecule has 1 aromatic rings. The zero-order valence-electron chi connectivity index (χ0n) is 11.1. The standard InChI is InChI=1S/C14H20N2O3/c1-19-13-8-11(2-3-12(13)15)14(18)16-6-4-10(9-17)5-7-16/h2-3,8,10,17H,4-7,9,15H2,1H3. The minimum atomic E-state index is -0.00492. The molecule has 0 unspecified atom stereocenters. The van der Waals surface area contributed by atoms with Gasteiger partial charge in [0.25, 0.3) is 5.91 Å². The van der Waals surface area contributed by atoms with Gasteiger partial charge in [-0.1, -0.05) is 0 Å². The summed E-state index contributed by atoms with van der Waals surface area (Å²) >= 11 is 0. The minimum Gasteiger partial charge on any atom is -0.495 e. The smallest absolute Gasteiger partial charge is 0.253 e. The number of nitrogen functional groups attached to an aromatic ring is 1. The van der Waals surface area contributed by atoms with Gasteiger partial charge in [0.15, 0.2) is 0 Å². The summed E-state index contributed by atoms with van der Waals surface area (Å²) in [6.07, 6.45) is 1.71. The highest BCUT2D eigenvalue weighted by Gasteiger charge is 2.23. The predicted octanol–water partition coefficient (Wildman–Crippen LogP) is 1.12. The molecule has 0 radical (unpaired) electrons. The van der Waals surface area contributed by atoms with Crippen molar-refractivity contribution in [3.63, 3.8) is 0 Å². The van der Waals surface area contributed by atoms with E-state index in [1.54, 1.807) is 18.2 Å². The summed E-state index contributed by atoms with van der Waals surface area (Å²) in [5, 5.41) is 9.10. The number of hydrogen-bond acceptors (Lipinski definition) is 4. The topological polar surface area (TPSA) is 75.8 Å². The number of carbonyl (C=O) groups excluding carboxylic acids is 1. The first-order valence-electron chi connectivity index (χ1n) is 6.49. The van der Waals surface area contributed by atoms with E-state index in [1.165, 1.54) is 7.11 Å². The normalized spacial score (nSPS) is 16.4. The van der Waals surface area contributed by atoms with Crippen molar-refractivity contribution in [1.82, 2.24) is 4.90 Å². The quantitative estimate of drug-likeness (QED) is 0.802. The molecule has 1 saturated heterocycles. The molecule has 0 spiro atoms. The van der Waals surface area contributed by atoms with Gasteiger partial charge in [0.05, 0.1) is 12.8 Å². The second-order valence-corrected chi connectivity index (χ2v) is 4.87. The summed E-state index contributed by atoms with van der Waals surface area (Å²) in [5.41, 5.74) is 6.85. The van der Waals surface area contributed by atoms with E-state index >= 15 is 0 Å². The Hall–Kier alpha value is -1.75. The van der Waals surface area contributed by atoms with E-state index in [4.69, 9.17) is 15.6 Å². The summed E-state index contributed by atoms with van der Waals surface area (Å²) in [7, 11) is 1.53. The average molecular weight is 264 g/mol. The van der Waals surface area contributed by atoms with Crippen molar-refractivity contribution in [2.75, 3.05) is 32.5 Å². The lowest BCUT2D eigenvalue weighted by Gasteiger charge is -2.31. The van der Waals surface area contributed by atoms with Crippen LogP contribution in [0.2, 0.25) is 0 Å². The Kier molecular flexibility index (Phi) is 4.27. The van der Waals surface area contributed by atoms with E-state index in [0.29, 0.717) is 36.0 Å². The Labute approximate surface area is 113 Å². The number of anilines is 1. The number of benzene rings is 1. The number of aliphatic hydroxyl groups excluding tert-OH is 1. The first-order valence-corrected chi connectivity index (χ1v) is 6.49. The molecule has 104 valence electrons. The molecule has 0 saturated carbocycles. The number of aliphatic hydroxyl groups is 1. The molecule has 0 aliphatic carbocycles. The largest absolute Gasteiger partial charge is 0.495 e. The molecule has 3 N–H and O–H groups in total. The highest BCUT2D eigenvalue weighted by molar-refractivity contribution is 5.95. The van der Waals surface area contributed by atoms with E-state index in [0.717, 1.165) is 12.8 Å². The van der Waals surface area contributed by atoms with Crippen LogP contribution in [0.5, 0.6) is 5.75 Å². The molecular formula is C14H20N2O3. The van der Waals surface area contributed by atoms with Gasteiger partial charge in [-0.3, -0.25) is 4.79 Å². The van der Waals surface area contributed by atoms with E-state index in [9.17, 15) is 4.79 Å². The number of nitrogens with zero attached hydrogens (tertiary/aromatic N) is 1. The zero-order chi connectivity index (χ0) is 13.8. The van der Waals surface area contributed by atoms with Gasteiger partial charge in [-0.15, -0.1) is 0 Å². The van der Waals surface area contributed by atoms with Crippen molar-refractivity contribution in [2.45, 2.75) is 12.8 Å². The molecule has 5 heteroatoms. The number of methoxy groups -OCH3 is 1. The maximum absolute atomic E-state index is 12.3. The van der Waals surface area contributed by atoms with Gasteiger partial charge < -0.3 is 20.5 Å². The number of hydrogen-bond donors (Lipinski definition) is 2. The van der Waals surface area contributed by atoms with Crippen LogP contribution in [-0.4, -0.2) is 42.7 Å². The molecule has 1 aliphatic rings. The van der Waals surface area contributed by atoms with Crippen molar-refractivity contribution < 1.29 is 14.6 Å². The van der Waals surface area contributed by atoms with E-state index in [1.807, 2.05) is 4.90 Å². The molecule has 0 bridgehead atoms. The van der Waals surface area contributed by atoms with Crippen LogP contribution in [0.15, 0.2) is 18.2 Å². The van der Waals surface area contributed by atoms with E-state index in [2.05, 4.69) is 0 Å². The fourth-order valence-electron chi connectivity index (χ4n) is 2.35. The summed E-state index contributed by atoms with van der Waals surface area (Å²) in [6, 6.07) is 5.08. The molecule has 1 aliphatic heterocycles. The van der Waals surface area contributed by atoms with Gasteiger partial charge in [0, 0.05) is 25.3 Å². The summed E-state index contributed by atoms with van der Waals surface area (Å²) in [6.45, 7) is 1.59. The van der Waals surface area contributed by atoms with Crippen LogP contribution in [0.1, 0.15) is 23.2 Å². The highest BCUT2D eigenvalue weighted by atomic mass is 16.5. The zero-order valence-corrected chi connectivity index (χ0v) is 11.1. The lowest BCUT2D eigenvalue weighted by atomic mass is 9.97. The highest BCUT2D eigenvalue weighted by Crippen LogP contribution is 2.24. The van der Waals surface area contributed by atoms with Crippen LogP contribution < -0.4 is 10.5 Å². The van der Waals surface area contributed by atoms with Crippen LogP contribution >= 0.6 is 0 Å². The van der Waals surface area contributed by atoms with Crippen LogP contribution in [0.3, 0.4) is 0 Å². The Morgan fingerprint density at radius 2 is 2.16 bits per heavy atom. The SMILES string of the molecule is COc1cc(C(=O)N2CCC(CO)CC2)ccc1N. The maximum atomic E-state index is 12.3. The van der Waals surface area contributed by atoms with Gasteiger partial charge in [-0.25, -0.2) is 0 Å². The van der Waals surface area contributed by atoms with Crippen LogP contribution in [-0.2, 0) is 0 Å². The third kappa shape index (κ3) is 2.98. The van der Waals surface area contributed by atoms with E-state index in [-0.39, 0.29) is 12.5 Å². The molecular weight excluding hydrogens is 244 g/mol. The van der Waals surface area contributed by atoms with Crippen LogP contribution in [0.4, 0.5) is 5.69 Å². The Balaban J connectivity index is 2.08. The Morgan fingerprint density at radius 1 is 1.47 bits per heavy atom. The van der Waals surface area contributed by atoms with Gasteiger partial charge in [-0.2, -0.15) is 0 Å². The van der Waals surface area contributed by atoms with Gasteiger partial charge in [0.1, 0.15) is 5.75 Å². The minimum absolute atomic E-state index is 0.00492. The molecule has 0 aromatic heterocycles. The predicted molar refractivity (Wildman–Crippen MR) is 73.1 cm³/mol. The molecule has 5 nitrogen and oxygen atoms in total. The van der Waals surface area contributed by atoms with Gasteiger partial charge in [0.2, 0.25) is 0 Å². The first-order chi connectivity index (χ1) is 9.15. The Morgan fingerprint density at radius 3 is 2.74 bits per heavy atom. The molecule has 19 heavy (non-hydrogen) atoms. The summed E-state index contributed by atoms with van der Waals surface area (Å²) in [5.74, 6) is 0.843. The number of carbonyl (C=O) groups is 1. The second-order valence-electron chi connectivity index (χ2n) is 4.87. The van der Waals surface area contributed by atoms with Crippen molar-refractivity contribution in [3.8, 4) is 5.75 Å². The number of rotatable bonds is 3. The van der Waals surface area contributed by atoms with Gasteiger partial charge >= 0.3 is 0 Å². The molecule has 1 amide bonds. The number of likely N-dealkylation sites (tertiary alicyclic amines) is 1. The molecule has 0 atom stereocenters. The third-order valence-electron chi connectivity index (χ3n) is 3.64. The first kappa shape index (κ1) is 13.7.